The van der Waals surface area contributed by atoms with Crippen molar-refractivity contribution in [3.05, 3.63) is 59.4 Å². The van der Waals surface area contributed by atoms with Gasteiger partial charge in [0.1, 0.15) is 22.3 Å². The average molecular weight is 277 g/mol. The van der Waals surface area contributed by atoms with Crippen LogP contribution >= 0.6 is 12.2 Å². The molecule has 0 saturated heterocycles. The molecular weight excluding hydrogens is 265 g/mol. The van der Waals surface area contributed by atoms with Crippen molar-refractivity contribution in [1.82, 2.24) is 0 Å². The Bertz CT molecular complexity index is 616. The molecule has 2 aromatic carbocycles. The van der Waals surface area contributed by atoms with Crippen LogP contribution in [0.4, 0.5) is 4.39 Å². The topological polar surface area (TPSA) is 55.5 Å². The van der Waals surface area contributed by atoms with Gasteiger partial charge < -0.3 is 15.6 Å². The fourth-order valence-corrected chi connectivity index (χ4v) is 1.80. The summed E-state index contributed by atoms with van der Waals surface area (Å²) in [4.78, 5) is 0.0518. The lowest BCUT2D eigenvalue weighted by Gasteiger charge is -2.12. The summed E-state index contributed by atoms with van der Waals surface area (Å²) in [5, 5.41) is 9.23. The van der Waals surface area contributed by atoms with Crippen LogP contribution < -0.4 is 10.5 Å². The number of hydrogen-bond acceptors (Lipinski definition) is 3. The van der Waals surface area contributed by atoms with Gasteiger partial charge in [0.2, 0.25) is 0 Å². The molecule has 0 atom stereocenters. The van der Waals surface area contributed by atoms with Crippen molar-refractivity contribution in [3.8, 4) is 11.5 Å². The Morgan fingerprint density at radius 1 is 1.21 bits per heavy atom. The normalized spacial score (nSPS) is 10.2. The highest BCUT2D eigenvalue weighted by Gasteiger charge is 2.11. The first-order valence-electron chi connectivity index (χ1n) is 5.58. The number of aliphatic hydroxyl groups is 1. The summed E-state index contributed by atoms with van der Waals surface area (Å²) < 4.78 is 18.8. The van der Waals surface area contributed by atoms with Gasteiger partial charge in [0, 0.05) is 5.56 Å². The Balaban J connectivity index is 2.41. The van der Waals surface area contributed by atoms with Crippen LogP contribution in [0.25, 0.3) is 0 Å². The molecule has 0 aliphatic heterocycles. The van der Waals surface area contributed by atoms with E-state index < -0.39 is 5.82 Å². The summed E-state index contributed by atoms with van der Waals surface area (Å²) in [6.45, 7) is -0.153. The first kappa shape index (κ1) is 13.5. The third-order valence-corrected chi connectivity index (χ3v) is 2.79. The highest BCUT2D eigenvalue weighted by Crippen LogP contribution is 2.28. The molecule has 3 nitrogen and oxygen atoms in total. The maximum atomic E-state index is 13.2. The molecule has 2 rings (SSSR count). The van der Waals surface area contributed by atoms with Gasteiger partial charge in [-0.2, -0.15) is 0 Å². The van der Waals surface area contributed by atoms with E-state index in [4.69, 9.17) is 22.7 Å². The zero-order valence-corrected chi connectivity index (χ0v) is 10.8. The smallest absolute Gasteiger partial charge is 0.137 e. The van der Waals surface area contributed by atoms with Gasteiger partial charge in [-0.25, -0.2) is 4.39 Å². The second-order valence-corrected chi connectivity index (χ2v) is 4.31. The molecule has 0 fully saturated rings. The SMILES string of the molecule is NC(=S)c1cc(F)ccc1Oc1ccccc1CO. The molecule has 0 amide bonds. The van der Waals surface area contributed by atoms with E-state index in [1.807, 2.05) is 0 Å². The van der Waals surface area contributed by atoms with Gasteiger partial charge in [-0.15, -0.1) is 0 Å². The van der Waals surface area contributed by atoms with Crippen LogP contribution in [0, 0.1) is 5.82 Å². The highest BCUT2D eigenvalue weighted by molar-refractivity contribution is 7.80. The van der Waals surface area contributed by atoms with Gasteiger partial charge in [-0.1, -0.05) is 30.4 Å². The van der Waals surface area contributed by atoms with E-state index in [1.54, 1.807) is 24.3 Å². The van der Waals surface area contributed by atoms with E-state index in [1.165, 1.54) is 18.2 Å². The van der Waals surface area contributed by atoms with Gasteiger partial charge >= 0.3 is 0 Å². The molecule has 0 bridgehead atoms. The number of halogens is 1. The van der Waals surface area contributed by atoms with Gasteiger partial charge in [0.15, 0.2) is 0 Å². The largest absolute Gasteiger partial charge is 0.456 e. The van der Waals surface area contributed by atoms with Crippen LogP contribution in [0.15, 0.2) is 42.5 Å². The Morgan fingerprint density at radius 2 is 1.95 bits per heavy atom. The van der Waals surface area contributed by atoms with E-state index in [9.17, 15) is 9.50 Å². The van der Waals surface area contributed by atoms with E-state index in [0.717, 1.165) is 0 Å². The predicted octanol–water partition coefficient (Wildman–Crippen LogP) is 2.74. The minimum atomic E-state index is -0.439. The molecule has 19 heavy (non-hydrogen) atoms. The highest BCUT2D eigenvalue weighted by atomic mass is 32.1. The molecule has 3 N–H and O–H groups in total. The van der Waals surface area contributed by atoms with Crippen LogP contribution in [0.1, 0.15) is 11.1 Å². The molecular formula is C14H12FNO2S. The standard InChI is InChI=1S/C14H12FNO2S/c15-10-5-6-13(11(7-10)14(16)19)18-12-4-2-1-3-9(12)8-17/h1-7,17H,8H2,(H2,16,19). The lowest BCUT2D eigenvalue weighted by Crippen LogP contribution is -2.11. The first-order chi connectivity index (χ1) is 9.11. The number of benzene rings is 2. The van der Waals surface area contributed by atoms with E-state index >= 15 is 0 Å². The molecule has 0 spiro atoms. The number of ether oxygens (including phenoxy) is 1. The van der Waals surface area contributed by atoms with Crippen LogP contribution in [0.2, 0.25) is 0 Å². The number of rotatable bonds is 4. The molecule has 0 unspecified atom stereocenters. The van der Waals surface area contributed by atoms with Crippen molar-refractivity contribution < 1.29 is 14.2 Å². The summed E-state index contributed by atoms with van der Waals surface area (Å²) in [6.07, 6.45) is 0. The molecule has 5 heteroatoms. The fraction of sp³-hybridized carbons (Fsp3) is 0.0714. The number of thiocarbonyl (C=S) groups is 1. The van der Waals surface area contributed by atoms with Gasteiger partial charge in [0.25, 0.3) is 0 Å². The molecule has 0 heterocycles. The number of hydrogen-bond donors (Lipinski definition) is 2. The first-order valence-corrected chi connectivity index (χ1v) is 5.98. The van der Waals surface area contributed by atoms with E-state index in [0.29, 0.717) is 22.6 Å². The van der Waals surface area contributed by atoms with Gasteiger partial charge in [-0.3, -0.25) is 0 Å². The summed E-state index contributed by atoms with van der Waals surface area (Å²) in [7, 11) is 0. The van der Waals surface area contributed by atoms with Crippen LogP contribution in [-0.2, 0) is 6.61 Å². The van der Waals surface area contributed by atoms with Crippen molar-refractivity contribution in [2.75, 3.05) is 0 Å². The maximum absolute atomic E-state index is 13.2. The number of aliphatic hydroxyl groups excluding tert-OH is 1. The summed E-state index contributed by atoms with van der Waals surface area (Å²) in [5.74, 6) is 0.398. The Labute approximate surface area is 115 Å². The lowest BCUT2D eigenvalue weighted by atomic mass is 10.2. The minimum absolute atomic E-state index is 0.0518. The monoisotopic (exact) mass is 277 g/mol. The zero-order chi connectivity index (χ0) is 13.8. The fourth-order valence-electron chi connectivity index (χ4n) is 1.64. The second-order valence-electron chi connectivity index (χ2n) is 3.87. The van der Waals surface area contributed by atoms with Crippen molar-refractivity contribution in [2.24, 2.45) is 5.73 Å². The summed E-state index contributed by atoms with van der Waals surface area (Å²) in [5.41, 5.74) is 6.49. The van der Waals surface area contributed by atoms with Crippen molar-refractivity contribution >= 4 is 17.2 Å². The van der Waals surface area contributed by atoms with Crippen LogP contribution in [0.3, 0.4) is 0 Å². The molecule has 0 aromatic heterocycles. The van der Waals surface area contributed by atoms with Crippen molar-refractivity contribution in [3.63, 3.8) is 0 Å². The molecule has 98 valence electrons. The second kappa shape index (κ2) is 5.77. The Hall–Kier alpha value is -1.98. The third kappa shape index (κ3) is 3.07. The molecule has 0 saturated carbocycles. The minimum Gasteiger partial charge on any atom is -0.456 e. The van der Waals surface area contributed by atoms with Gasteiger partial charge in [-0.05, 0) is 24.3 Å². The quantitative estimate of drug-likeness (QED) is 0.844. The molecule has 0 radical (unpaired) electrons. The number of para-hydroxylation sites is 1. The predicted molar refractivity (Wildman–Crippen MR) is 74.7 cm³/mol. The number of nitrogens with two attached hydrogens (primary N) is 1. The van der Waals surface area contributed by atoms with Crippen molar-refractivity contribution in [1.29, 1.82) is 0 Å². The summed E-state index contributed by atoms with van der Waals surface area (Å²) >= 11 is 4.87. The van der Waals surface area contributed by atoms with Gasteiger partial charge in [0.05, 0.1) is 12.2 Å². The Morgan fingerprint density at radius 3 is 2.63 bits per heavy atom. The van der Waals surface area contributed by atoms with Crippen LogP contribution in [0.5, 0.6) is 11.5 Å². The molecule has 0 aliphatic rings. The van der Waals surface area contributed by atoms with E-state index in [-0.39, 0.29) is 11.6 Å². The molecule has 0 aliphatic carbocycles. The lowest BCUT2D eigenvalue weighted by molar-refractivity contribution is 0.276. The van der Waals surface area contributed by atoms with Crippen molar-refractivity contribution in [2.45, 2.75) is 6.61 Å². The van der Waals surface area contributed by atoms with E-state index in [2.05, 4.69) is 0 Å². The average Bonchev–Trinajstić information content (AvgIpc) is 2.41. The maximum Gasteiger partial charge on any atom is 0.137 e. The third-order valence-electron chi connectivity index (χ3n) is 2.57. The molecule has 2 aromatic rings. The summed E-state index contributed by atoms with van der Waals surface area (Å²) in [6, 6.07) is 10.9. The Kier molecular flexibility index (Phi) is 4.09. The zero-order valence-electron chi connectivity index (χ0n) is 9.97. The van der Waals surface area contributed by atoms with Crippen LogP contribution in [-0.4, -0.2) is 10.1 Å².